The minimum Gasteiger partial charge on any atom is -0.469 e. The van der Waals surface area contributed by atoms with Crippen LogP contribution in [0.2, 0.25) is 0 Å². The number of esters is 1. The zero-order valence-corrected chi connectivity index (χ0v) is 8.55. The maximum absolute atomic E-state index is 11.3. The Morgan fingerprint density at radius 1 is 1.15 bits per heavy atom. The van der Waals surface area contributed by atoms with Gasteiger partial charge in [0, 0.05) is 27.1 Å². The number of ether oxygens (including phenoxy) is 3. The number of rotatable bonds is 3. The maximum atomic E-state index is 11.3. The fourth-order valence-corrected chi connectivity index (χ4v) is 1.90. The molecule has 1 fully saturated rings. The van der Waals surface area contributed by atoms with Crippen molar-refractivity contribution in [3.05, 3.63) is 0 Å². The van der Waals surface area contributed by atoms with Crippen molar-refractivity contribution in [2.75, 3.05) is 21.3 Å². The number of carbonyl (C=O) groups excluding carboxylic acids is 1. The maximum Gasteiger partial charge on any atom is 0.311 e. The Balaban J connectivity index is 2.59. The molecule has 0 aliphatic heterocycles. The van der Waals surface area contributed by atoms with E-state index in [-0.39, 0.29) is 5.97 Å². The molecule has 1 saturated carbocycles. The summed E-state index contributed by atoms with van der Waals surface area (Å²) in [6.07, 6.45) is 1.11. The second-order valence-corrected chi connectivity index (χ2v) is 3.72. The van der Waals surface area contributed by atoms with Crippen molar-refractivity contribution in [3.63, 3.8) is 0 Å². The number of carbonyl (C=O) groups is 1. The molecule has 0 heterocycles. The highest BCUT2D eigenvalue weighted by Crippen LogP contribution is 2.51. The standard InChI is InChI=1S/C9H16O4/c1-8(7(10)11-2)5-9(6-8,12-3)13-4/h5-6H2,1-4H3. The van der Waals surface area contributed by atoms with Gasteiger partial charge in [0.05, 0.1) is 12.5 Å². The summed E-state index contributed by atoms with van der Waals surface area (Å²) in [4.78, 5) is 11.3. The van der Waals surface area contributed by atoms with Gasteiger partial charge in [0.25, 0.3) is 0 Å². The van der Waals surface area contributed by atoms with E-state index in [4.69, 9.17) is 9.47 Å². The summed E-state index contributed by atoms with van der Waals surface area (Å²) < 4.78 is 15.1. The first-order valence-electron chi connectivity index (χ1n) is 4.21. The summed E-state index contributed by atoms with van der Waals surface area (Å²) in [7, 11) is 4.56. The summed E-state index contributed by atoms with van der Waals surface area (Å²) in [5, 5.41) is 0. The molecular formula is C9H16O4. The Morgan fingerprint density at radius 2 is 1.62 bits per heavy atom. The molecule has 0 aromatic heterocycles. The fourth-order valence-electron chi connectivity index (χ4n) is 1.90. The molecule has 0 atom stereocenters. The molecule has 13 heavy (non-hydrogen) atoms. The Hall–Kier alpha value is -0.610. The Kier molecular flexibility index (Phi) is 2.63. The smallest absolute Gasteiger partial charge is 0.311 e. The first-order chi connectivity index (χ1) is 6.02. The third-order valence-electron chi connectivity index (χ3n) is 2.74. The molecule has 1 aliphatic carbocycles. The normalized spacial score (nSPS) is 23.4. The first kappa shape index (κ1) is 10.5. The van der Waals surface area contributed by atoms with E-state index in [2.05, 4.69) is 4.74 Å². The lowest BCUT2D eigenvalue weighted by atomic mass is 9.65. The lowest BCUT2D eigenvalue weighted by molar-refractivity contribution is -0.291. The molecule has 1 rings (SSSR count). The van der Waals surface area contributed by atoms with Crippen molar-refractivity contribution in [1.82, 2.24) is 0 Å². The molecule has 0 aromatic carbocycles. The van der Waals surface area contributed by atoms with Gasteiger partial charge in [-0.25, -0.2) is 0 Å². The van der Waals surface area contributed by atoms with Gasteiger partial charge in [0.1, 0.15) is 0 Å². The van der Waals surface area contributed by atoms with E-state index in [9.17, 15) is 4.79 Å². The van der Waals surface area contributed by atoms with E-state index in [1.165, 1.54) is 7.11 Å². The van der Waals surface area contributed by atoms with E-state index >= 15 is 0 Å². The van der Waals surface area contributed by atoms with Crippen LogP contribution in [0.25, 0.3) is 0 Å². The minimum absolute atomic E-state index is 0.197. The Labute approximate surface area is 78.2 Å². The molecule has 0 amide bonds. The van der Waals surface area contributed by atoms with Crippen LogP contribution in [-0.2, 0) is 19.0 Å². The zero-order valence-electron chi connectivity index (χ0n) is 8.55. The summed E-state index contributed by atoms with van der Waals surface area (Å²) in [6, 6.07) is 0. The van der Waals surface area contributed by atoms with Gasteiger partial charge >= 0.3 is 5.97 Å². The van der Waals surface area contributed by atoms with Crippen molar-refractivity contribution in [1.29, 1.82) is 0 Å². The largest absolute Gasteiger partial charge is 0.469 e. The average Bonchev–Trinajstić information content (AvgIpc) is 2.11. The van der Waals surface area contributed by atoms with Crippen LogP contribution in [0.4, 0.5) is 0 Å². The van der Waals surface area contributed by atoms with Crippen molar-refractivity contribution >= 4 is 5.97 Å². The van der Waals surface area contributed by atoms with Gasteiger partial charge in [-0.05, 0) is 6.92 Å². The SMILES string of the molecule is COC(=O)C1(C)CC(OC)(OC)C1. The summed E-state index contributed by atoms with van der Waals surface area (Å²) >= 11 is 0. The minimum atomic E-state index is -0.580. The van der Waals surface area contributed by atoms with E-state index in [1.54, 1.807) is 14.2 Å². The van der Waals surface area contributed by atoms with E-state index < -0.39 is 11.2 Å². The molecule has 1 aliphatic rings. The second-order valence-electron chi connectivity index (χ2n) is 3.72. The van der Waals surface area contributed by atoms with Gasteiger partial charge in [-0.1, -0.05) is 0 Å². The predicted octanol–water partition coefficient (Wildman–Crippen LogP) is 0.949. The predicted molar refractivity (Wildman–Crippen MR) is 46.1 cm³/mol. The Bertz CT molecular complexity index is 200. The van der Waals surface area contributed by atoms with Gasteiger partial charge in [-0.15, -0.1) is 0 Å². The molecule has 76 valence electrons. The van der Waals surface area contributed by atoms with Crippen molar-refractivity contribution in [2.24, 2.45) is 5.41 Å². The first-order valence-corrected chi connectivity index (χ1v) is 4.21. The molecule has 0 unspecified atom stereocenters. The topological polar surface area (TPSA) is 44.8 Å². The molecule has 0 aromatic rings. The summed E-state index contributed by atoms with van der Waals surface area (Å²) in [5.74, 6) is -0.777. The van der Waals surface area contributed by atoms with E-state index in [0.29, 0.717) is 12.8 Å². The lowest BCUT2D eigenvalue weighted by Crippen LogP contribution is -2.56. The van der Waals surface area contributed by atoms with Crippen LogP contribution in [-0.4, -0.2) is 33.1 Å². The van der Waals surface area contributed by atoms with E-state index in [1.807, 2.05) is 6.92 Å². The van der Waals surface area contributed by atoms with Crippen LogP contribution < -0.4 is 0 Å². The Morgan fingerprint density at radius 3 is 1.92 bits per heavy atom. The van der Waals surface area contributed by atoms with Gasteiger partial charge < -0.3 is 14.2 Å². The summed E-state index contributed by atoms with van der Waals surface area (Å²) in [6.45, 7) is 1.86. The van der Waals surface area contributed by atoms with Crippen LogP contribution in [0.1, 0.15) is 19.8 Å². The highest BCUT2D eigenvalue weighted by atomic mass is 16.7. The van der Waals surface area contributed by atoms with Crippen molar-refractivity contribution in [2.45, 2.75) is 25.6 Å². The number of hydrogen-bond donors (Lipinski definition) is 0. The lowest BCUT2D eigenvalue weighted by Gasteiger charge is -2.50. The van der Waals surface area contributed by atoms with Crippen LogP contribution in [0.3, 0.4) is 0 Å². The zero-order chi connectivity index (χ0) is 10.1. The highest BCUT2D eigenvalue weighted by molar-refractivity contribution is 5.77. The molecule has 0 saturated heterocycles. The van der Waals surface area contributed by atoms with Crippen molar-refractivity contribution in [3.8, 4) is 0 Å². The van der Waals surface area contributed by atoms with Crippen LogP contribution in [0, 0.1) is 5.41 Å². The number of hydrogen-bond acceptors (Lipinski definition) is 4. The van der Waals surface area contributed by atoms with Gasteiger partial charge in [-0.2, -0.15) is 0 Å². The van der Waals surface area contributed by atoms with Gasteiger partial charge in [-0.3, -0.25) is 4.79 Å². The molecular weight excluding hydrogens is 172 g/mol. The highest BCUT2D eigenvalue weighted by Gasteiger charge is 2.58. The third kappa shape index (κ3) is 1.56. The van der Waals surface area contributed by atoms with Crippen LogP contribution in [0.5, 0.6) is 0 Å². The van der Waals surface area contributed by atoms with Crippen LogP contribution >= 0.6 is 0 Å². The molecule has 0 spiro atoms. The molecule has 4 heteroatoms. The molecule has 4 nitrogen and oxygen atoms in total. The van der Waals surface area contributed by atoms with Crippen molar-refractivity contribution < 1.29 is 19.0 Å². The number of methoxy groups -OCH3 is 3. The van der Waals surface area contributed by atoms with Gasteiger partial charge in [0.2, 0.25) is 0 Å². The third-order valence-corrected chi connectivity index (χ3v) is 2.74. The van der Waals surface area contributed by atoms with E-state index in [0.717, 1.165) is 0 Å². The fraction of sp³-hybridized carbons (Fsp3) is 0.889. The monoisotopic (exact) mass is 188 g/mol. The van der Waals surface area contributed by atoms with Gasteiger partial charge in [0.15, 0.2) is 5.79 Å². The quantitative estimate of drug-likeness (QED) is 0.488. The second kappa shape index (κ2) is 3.27. The average molecular weight is 188 g/mol. The summed E-state index contributed by atoms with van der Waals surface area (Å²) in [5.41, 5.74) is -0.444. The molecule has 0 N–H and O–H groups in total. The molecule has 0 bridgehead atoms. The van der Waals surface area contributed by atoms with Crippen LogP contribution in [0.15, 0.2) is 0 Å². The molecule has 0 radical (unpaired) electrons.